The average molecular weight is 195 g/mol. The van der Waals surface area contributed by atoms with Crippen molar-refractivity contribution in [3.8, 4) is 5.75 Å². The molecule has 1 aromatic carbocycles. The minimum absolute atomic E-state index is 0.183. The molecule has 0 amide bonds. The van der Waals surface area contributed by atoms with E-state index in [9.17, 15) is 4.39 Å². The van der Waals surface area contributed by atoms with E-state index in [1.807, 2.05) is 31.2 Å². The Bertz CT molecular complexity index is 323. The molecule has 1 aromatic rings. The highest BCUT2D eigenvalue weighted by atomic mass is 19.1. The first-order valence-corrected chi connectivity index (χ1v) is 4.44. The Morgan fingerprint density at radius 2 is 2.36 bits per heavy atom. The monoisotopic (exact) mass is 195 g/mol. The third kappa shape index (κ3) is 3.18. The standard InChI is InChI=1S/C11H14FNO/c1-9-3-2-4-11(5-9)14-8-10(6-12)7-13/h2-6H,7-8,13H2,1H3/b10-6-. The molecule has 1 rings (SSSR count). The van der Waals surface area contributed by atoms with Crippen molar-refractivity contribution >= 4 is 0 Å². The number of aryl methyl sites for hydroxylation is 1. The van der Waals surface area contributed by atoms with Gasteiger partial charge in [-0.05, 0) is 24.6 Å². The zero-order valence-electron chi connectivity index (χ0n) is 8.16. The van der Waals surface area contributed by atoms with Crippen molar-refractivity contribution in [3.63, 3.8) is 0 Å². The fourth-order valence-corrected chi connectivity index (χ4v) is 1.02. The first kappa shape index (κ1) is 10.7. The number of nitrogens with two attached hydrogens (primary N) is 1. The van der Waals surface area contributed by atoms with Crippen LogP contribution in [0.4, 0.5) is 4.39 Å². The number of halogens is 1. The van der Waals surface area contributed by atoms with Crippen LogP contribution in [0.25, 0.3) is 0 Å². The van der Waals surface area contributed by atoms with Crippen molar-refractivity contribution in [1.82, 2.24) is 0 Å². The summed E-state index contributed by atoms with van der Waals surface area (Å²) in [5, 5.41) is 0. The summed E-state index contributed by atoms with van der Waals surface area (Å²) in [5.74, 6) is 0.734. The molecule has 0 saturated carbocycles. The molecule has 14 heavy (non-hydrogen) atoms. The summed E-state index contributed by atoms with van der Waals surface area (Å²) < 4.78 is 17.5. The Morgan fingerprint density at radius 3 is 2.93 bits per heavy atom. The molecule has 0 aliphatic rings. The Hall–Kier alpha value is -1.35. The zero-order valence-corrected chi connectivity index (χ0v) is 8.16. The summed E-state index contributed by atoms with van der Waals surface area (Å²) in [4.78, 5) is 0. The van der Waals surface area contributed by atoms with Crippen LogP contribution in [0.15, 0.2) is 36.2 Å². The maximum absolute atomic E-state index is 12.1. The molecule has 0 spiro atoms. The number of hydrogen-bond donors (Lipinski definition) is 1. The van der Waals surface area contributed by atoms with E-state index >= 15 is 0 Å². The minimum atomic E-state index is 0.183. The Morgan fingerprint density at radius 1 is 1.57 bits per heavy atom. The molecule has 0 aromatic heterocycles. The van der Waals surface area contributed by atoms with Gasteiger partial charge in [0.2, 0.25) is 0 Å². The summed E-state index contributed by atoms with van der Waals surface area (Å²) in [6.07, 6.45) is 0.496. The van der Waals surface area contributed by atoms with Crippen molar-refractivity contribution in [2.24, 2.45) is 5.73 Å². The number of hydrogen-bond acceptors (Lipinski definition) is 2. The lowest BCUT2D eigenvalue weighted by Gasteiger charge is -2.07. The van der Waals surface area contributed by atoms with Gasteiger partial charge in [-0.1, -0.05) is 12.1 Å². The van der Waals surface area contributed by atoms with Crippen molar-refractivity contribution < 1.29 is 9.13 Å². The fourth-order valence-electron chi connectivity index (χ4n) is 1.02. The van der Waals surface area contributed by atoms with Crippen molar-refractivity contribution in [2.45, 2.75) is 6.92 Å². The van der Waals surface area contributed by atoms with Crippen LogP contribution in [0.2, 0.25) is 0 Å². The van der Waals surface area contributed by atoms with Gasteiger partial charge in [-0.2, -0.15) is 0 Å². The molecule has 0 heterocycles. The van der Waals surface area contributed by atoms with Crippen LogP contribution in [0.1, 0.15) is 5.56 Å². The smallest absolute Gasteiger partial charge is 0.120 e. The second kappa shape index (κ2) is 5.40. The van der Waals surface area contributed by atoms with Crippen LogP contribution in [0.3, 0.4) is 0 Å². The lowest BCUT2D eigenvalue weighted by molar-refractivity contribution is 0.347. The normalized spacial score (nSPS) is 11.5. The van der Waals surface area contributed by atoms with E-state index in [4.69, 9.17) is 10.5 Å². The van der Waals surface area contributed by atoms with Crippen molar-refractivity contribution in [3.05, 3.63) is 41.7 Å². The fraction of sp³-hybridized carbons (Fsp3) is 0.273. The van der Waals surface area contributed by atoms with E-state index in [2.05, 4.69) is 0 Å². The van der Waals surface area contributed by atoms with E-state index in [0.29, 0.717) is 11.9 Å². The van der Waals surface area contributed by atoms with E-state index < -0.39 is 0 Å². The molecule has 0 aliphatic heterocycles. The first-order chi connectivity index (χ1) is 6.76. The molecule has 2 nitrogen and oxygen atoms in total. The van der Waals surface area contributed by atoms with Crippen LogP contribution >= 0.6 is 0 Å². The largest absolute Gasteiger partial charge is 0.489 e. The highest BCUT2D eigenvalue weighted by Gasteiger charge is 1.97. The Labute approximate surface area is 83.2 Å². The molecule has 0 fully saturated rings. The van der Waals surface area contributed by atoms with Gasteiger partial charge in [0.25, 0.3) is 0 Å². The van der Waals surface area contributed by atoms with E-state index in [0.717, 1.165) is 11.3 Å². The number of rotatable bonds is 4. The van der Waals surface area contributed by atoms with Crippen LogP contribution in [-0.4, -0.2) is 13.2 Å². The van der Waals surface area contributed by atoms with Crippen LogP contribution in [-0.2, 0) is 0 Å². The molecular formula is C11H14FNO. The highest BCUT2D eigenvalue weighted by Crippen LogP contribution is 2.13. The lowest BCUT2D eigenvalue weighted by atomic mass is 10.2. The molecule has 2 N–H and O–H groups in total. The summed E-state index contributed by atoms with van der Waals surface area (Å²) in [6, 6.07) is 7.60. The van der Waals surface area contributed by atoms with Gasteiger partial charge in [-0.15, -0.1) is 0 Å². The molecule has 0 unspecified atom stereocenters. The van der Waals surface area contributed by atoms with Gasteiger partial charge in [-0.3, -0.25) is 0 Å². The Balaban J connectivity index is 2.53. The van der Waals surface area contributed by atoms with Crippen LogP contribution in [0.5, 0.6) is 5.75 Å². The average Bonchev–Trinajstić information content (AvgIpc) is 2.19. The van der Waals surface area contributed by atoms with Gasteiger partial charge in [0.15, 0.2) is 0 Å². The molecule has 76 valence electrons. The quantitative estimate of drug-likeness (QED) is 0.799. The SMILES string of the molecule is Cc1cccc(OC/C(=C\F)CN)c1. The lowest BCUT2D eigenvalue weighted by Crippen LogP contribution is -2.10. The van der Waals surface area contributed by atoms with Gasteiger partial charge in [0.05, 0.1) is 6.33 Å². The molecular weight excluding hydrogens is 181 g/mol. The number of ether oxygens (including phenoxy) is 1. The van der Waals surface area contributed by atoms with Gasteiger partial charge >= 0.3 is 0 Å². The van der Waals surface area contributed by atoms with Gasteiger partial charge < -0.3 is 10.5 Å². The van der Waals surface area contributed by atoms with Gasteiger partial charge in [0, 0.05) is 12.1 Å². The molecule has 0 saturated heterocycles. The highest BCUT2D eigenvalue weighted by molar-refractivity contribution is 5.27. The van der Waals surface area contributed by atoms with E-state index in [1.54, 1.807) is 0 Å². The molecule has 0 aliphatic carbocycles. The molecule has 0 radical (unpaired) electrons. The van der Waals surface area contributed by atoms with Crippen molar-refractivity contribution in [2.75, 3.05) is 13.2 Å². The summed E-state index contributed by atoms with van der Waals surface area (Å²) in [5.41, 5.74) is 6.85. The number of benzene rings is 1. The molecule has 0 bridgehead atoms. The van der Waals surface area contributed by atoms with E-state index in [1.165, 1.54) is 0 Å². The predicted octanol–water partition coefficient (Wildman–Crippen LogP) is 2.19. The van der Waals surface area contributed by atoms with Crippen LogP contribution in [0, 0.1) is 6.92 Å². The third-order valence-electron chi connectivity index (χ3n) is 1.83. The summed E-state index contributed by atoms with van der Waals surface area (Å²) in [6.45, 7) is 2.36. The van der Waals surface area contributed by atoms with Gasteiger partial charge in [-0.25, -0.2) is 4.39 Å². The Kier molecular flexibility index (Phi) is 4.13. The molecule has 0 atom stereocenters. The van der Waals surface area contributed by atoms with Crippen molar-refractivity contribution in [1.29, 1.82) is 0 Å². The summed E-state index contributed by atoms with van der Waals surface area (Å²) in [7, 11) is 0. The van der Waals surface area contributed by atoms with E-state index in [-0.39, 0.29) is 13.2 Å². The molecule has 3 heteroatoms. The maximum atomic E-state index is 12.1. The predicted molar refractivity (Wildman–Crippen MR) is 54.9 cm³/mol. The zero-order chi connectivity index (χ0) is 10.4. The second-order valence-electron chi connectivity index (χ2n) is 3.08. The third-order valence-corrected chi connectivity index (χ3v) is 1.83. The topological polar surface area (TPSA) is 35.2 Å². The second-order valence-corrected chi connectivity index (χ2v) is 3.08. The van der Waals surface area contributed by atoms with Gasteiger partial charge in [0.1, 0.15) is 12.4 Å². The van der Waals surface area contributed by atoms with Crippen LogP contribution < -0.4 is 10.5 Å². The first-order valence-electron chi connectivity index (χ1n) is 4.44. The minimum Gasteiger partial charge on any atom is -0.489 e. The maximum Gasteiger partial charge on any atom is 0.120 e. The summed E-state index contributed by atoms with van der Waals surface area (Å²) >= 11 is 0.